The van der Waals surface area contributed by atoms with Crippen molar-refractivity contribution >= 4 is 5.91 Å². The van der Waals surface area contributed by atoms with Crippen LogP contribution in [-0.2, 0) is 7.05 Å². The van der Waals surface area contributed by atoms with Crippen LogP contribution in [0.15, 0.2) is 30.6 Å². The molecule has 3 rings (SSSR count). The lowest BCUT2D eigenvalue weighted by Gasteiger charge is -2.32. The first-order valence-corrected chi connectivity index (χ1v) is 8.62. The van der Waals surface area contributed by atoms with Crippen LogP contribution < -0.4 is 9.47 Å². The fourth-order valence-electron chi connectivity index (χ4n) is 3.27. The van der Waals surface area contributed by atoms with E-state index in [1.54, 1.807) is 18.0 Å². The largest absolute Gasteiger partial charge is 0.497 e. The van der Waals surface area contributed by atoms with Gasteiger partial charge >= 0.3 is 0 Å². The first kappa shape index (κ1) is 17.3. The van der Waals surface area contributed by atoms with Gasteiger partial charge in [-0.2, -0.15) is 0 Å². The average Bonchev–Trinajstić information content (AvgIpc) is 2.98. The number of piperidine rings is 1. The van der Waals surface area contributed by atoms with E-state index >= 15 is 0 Å². The molecule has 1 atom stereocenters. The van der Waals surface area contributed by atoms with E-state index in [1.165, 1.54) is 0 Å². The Balaban J connectivity index is 1.58. The predicted molar refractivity (Wildman–Crippen MR) is 95.1 cm³/mol. The monoisotopic (exact) mass is 343 g/mol. The fourth-order valence-corrected chi connectivity index (χ4v) is 3.27. The molecule has 6 nitrogen and oxygen atoms in total. The molecule has 1 saturated heterocycles. The number of aromatic nitrogens is 2. The molecule has 25 heavy (non-hydrogen) atoms. The summed E-state index contributed by atoms with van der Waals surface area (Å²) in [5, 5.41) is 0. The summed E-state index contributed by atoms with van der Waals surface area (Å²) in [5.41, 5.74) is 1.46. The smallest absolute Gasteiger partial charge is 0.272 e. The van der Waals surface area contributed by atoms with E-state index in [2.05, 4.69) is 4.98 Å². The quantitative estimate of drug-likeness (QED) is 0.837. The van der Waals surface area contributed by atoms with Crippen molar-refractivity contribution in [3.05, 3.63) is 42.0 Å². The Hall–Kier alpha value is -2.50. The third-order valence-corrected chi connectivity index (χ3v) is 4.67. The third-order valence-electron chi connectivity index (χ3n) is 4.67. The van der Waals surface area contributed by atoms with Crippen LogP contribution in [0.1, 0.15) is 29.0 Å². The topological polar surface area (TPSA) is 56.6 Å². The van der Waals surface area contributed by atoms with Crippen LogP contribution in [0.25, 0.3) is 0 Å². The predicted octanol–water partition coefficient (Wildman–Crippen LogP) is 2.67. The maximum absolute atomic E-state index is 12.8. The molecule has 2 heterocycles. The average molecular weight is 343 g/mol. The number of aryl methyl sites for hydroxylation is 2. The number of ether oxygens (including phenoxy) is 2. The highest BCUT2D eigenvalue weighted by atomic mass is 16.5. The number of benzene rings is 1. The summed E-state index contributed by atoms with van der Waals surface area (Å²) >= 11 is 0. The number of carbonyl (C=O) groups excluding carboxylic acids is 1. The molecule has 1 amide bonds. The molecule has 0 unspecified atom stereocenters. The summed E-state index contributed by atoms with van der Waals surface area (Å²) in [6.07, 6.45) is 3.76. The Bertz CT molecular complexity index is 705. The van der Waals surface area contributed by atoms with Crippen LogP contribution in [0, 0.1) is 12.8 Å². The molecule has 1 fully saturated rings. The number of methoxy groups -OCH3 is 1. The van der Waals surface area contributed by atoms with Crippen molar-refractivity contribution in [1.29, 1.82) is 0 Å². The minimum atomic E-state index is 0.0617. The van der Waals surface area contributed by atoms with E-state index in [0.29, 0.717) is 18.2 Å². The molecule has 0 radical (unpaired) electrons. The van der Waals surface area contributed by atoms with Crippen molar-refractivity contribution in [3.8, 4) is 11.5 Å². The maximum Gasteiger partial charge on any atom is 0.272 e. The number of amides is 1. The molecule has 1 aromatic heterocycles. The van der Waals surface area contributed by atoms with Crippen LogP contribution >= 0.6 is 0 Å². The van der Waals surface area contributed by atoms with Gasteiger partial charge < -0.3 is 18.9 Å². The van der Waals surface area contributed by atoms with Gasteiger partial charge in [0.1, 0.15) is 17.2 Å². The summed E-state index contributed by atoms with van der Waals surface area (Å²) in [7, 11) is 3.51. The fraction of sp³-hybridized carbons (Fsp3) is 0.474. The summed E-state index contributed by atoms with van der Waals surface area (Å²) in [6.45, 7) is 4.00. The van der Waals surface area contributed by atoms with Crippen LogP contribution in [0.2, 0.25) is 0 Å². The van der Waals surface area contributed by atoms with Crippen molar-refractivity contribution in [3.63, 3.8) is 0 Å². The number of carbonyl (C=O) groups is 1. The van der Waals surface area contributed by atoms with Crippen molar-refractivity contribution in [1.82, 2.24) is 14.5 Å². The van der Waals surface area contributed by atoms with Crippen LogP contribution in [-0.4, -0.2) is 47.2 Å². The van der Waals surface area contributed by atoms with Crippen molar-refractivity contribution in [2.24, 2.45) is 13.0 Å². The van der Waals surface area contributed by atoms with Crippen molar-refractivity contribution in [2.45, 2.75) is 19.8 Å². The van der Waals surface area contributed by atoms with E-state index in [4.69, 9.17) is 9.47 Å². The Morgan fingerprint density at radius 3 is 2.64 bits per heavy atom. The maximum atomic E-state index is 12.8. The molecule has 6 heteroatoms. The van der Waals surface area contributed by atoms with Crippen molar-refractivity contribution in [2.75, 3.05) is 26.8 Å². The van der Waals surface area contributed by atoms with Gasteiger partial charge in [0, 0.05) is 26.1 Å². The lowest BCUT2D eigenvalue weighted by molar-refractivity contribution is 0.0623. The number of hydrogen-bond acceptors (Lipinski definition) is 4. The molecule has 0 saturated carbocycles. The van der Waals surface area contributed by atoms with Crippen LogP contribution in [0.5, 0.6) is 11.5 Å². The van der Waals surface area contributed by atoms with Gasteiger partial charge in [0.25, 0.3) is 5.91 Å². The molecule has 1 aromatic carbocycles. The van der Waals surface area contributed by atoms with E-state index in [9.17, 15) is 4.79 Å². The standard InChI is InChI=1S/C19H25N3O3/c1-14-18(21(2)13-20-14)19(23)22-10-4-5-15(11-22)12-25-17-8-6-16(24-3)7-9-17/h6-9,13,15H,4-5,10-12H2,1-3H3/t15-/m0/s1. The third kappa shape index (κ3) is 3.95. The molecule has 0 bridgehead atoms. The van der Waals surface area contributed by atoms with E-state index < -0.39 is 0 Å². The van der Waals surface area contributed by atoms with Gasteiger partial charge in [-0.15, -0.1) is 0 Å². The number of imidazole rings is 1. The number of rotatable bonds is 5. The van der Waals surface area contributed by atoms with Gasteiger partial charge in [-0.1, -0.05) is 0 Å². The highest BCUT2D eigenvalue weighted by Crippen LogP contribution is 2.22. The zero-order valence-corrected chi connectivity index (χ0v) is 15.1. The minimum absolute atomic E-state index is 0.0617. The lowest BCUT2D eigenvalue weighted by atomic mass is 9.98. The van der Waals surface area contributed by atoms with Gasteiger partial charge in [-0.05, 0) is 44.0 Å². The highest BCUT2D eigenvalue weighted by Gasteiger charge is 2.27. The Labute approximate surface area is 148 Å². The zero-order valence-electron chi connectivity index (χ0n) is 15.1. The van der Waals surface area contributed by atoms with Gasteiger partial charge in [-0.3, -0.25) is 4.79 Å². The summed E-state index contributed by atoms with van der Waals surface area (Å²) in [6, 6.07) is 7.58. The number of likely N-dealkylation sites (tertiary alicyclic amines) is 1. The summed E-state index contributed by atoms with van der Waals surface area (Å²) < 4.78 is 12.9. The van der Waals surface area contributed by atoms with Crippen LogP contribution in [0.4, 0.5) is 0 Å². The molecular formula is C19H25N3O3. The van der Waals surface area contributed by atoms with Crippen LogP contribution in [0.3, 0.4) is 0 Å². The Morgan fingerprint density at radius 1 is 1.28 bits per heavy atom. The second-order valence-corrected chi connectivity index (χ2v) is 6.54. The zero-order chi connectivity index (χ0) is 17.8. The molecule has 2 aromatic rings. The number of hydrogen-bond donors (Lipinski definition) is 0. The molecule has 134 valence electrons. The normalized spacial score (nSPS) is 17.4. The Kier molecular flexibility index (Phi) is 5.26. The highest BCUT2D eigenvalue weighted by molar-refractivity contribution is 5.93. The minimum Gasteiger partial charge on any atom is -0.497 e. The first-order valence-electron chi connectivity index (χ1n) is 8.62. The number of nitrogens with zero attached hydrogens (tertiary/aromatic N) is 3. The molecule has 1 aliphatic rings. The van der Waals surface area contributed by atoms with Gasteiger partial charge in [-0.25, -0.2) is 4.98 Å². The summed E-state index contributed by atoms with van der Waals surface area (Å²) in [5.74, 6) is 2.04. The molecule has 0 N–H and O–H groups in total. The van der Waals surface area contributed by atoms with Gasteiger partial charge in [0.05, 0.1) is 25.7 Å². The molecular weight excluding hydrogens is 318 g/mol. The first-order chi connectivity index (χ1) is 12.1. The molecule has 1 aliphatic heterocycles. The van der Waals surface area contributed by atoms with E-state index in [0.717, 1.165) is 43.1 Å². The SMILES string of the molecule is COc1ccc(OC[C@H]2CCCN(C(=O)c3c(C)ncn3C)C2)cc1. The second kappa shape index (κ2) is 7.59. The van der Waals surface area contributed by atoms with Crippen molar-refractivity contribution < 1.29 is 14.3 Å². The van der Waals surface area contributed by atoms with Gasteiger partial charge in [0.15, 0.2) is 0 Å². The Morgan fingerprint density at radius 2 is 2.00 bits per heavy atom. The van der Waals surface area contributed by atoms with E-state index in [1.807, 2.05) is 43.1 Å². The second-order valence-electron chi connectivity index (χ2n) is 6.54. The van der Waals surface area contributed by atoms with Gasteiger partial charge in [0.2, 0.25) is 0 Å². The summed E-state index contributed by atoms with van der Waals surface area (Å²) in [4.78, 5) is 19.0. The van der Waals surface area contributed by atoms with E-state index in [-0.39, 0.29) is 5.91 Å². The lowest BCUT2D eigenvalue weighted by Crippen LogP contribution is -2.42. The molecule has 0 spiro atoms. The molecule has 0 aliphatic carbocycles.